The molecule has 23 heavy (non-hydrogen) atoms. The van der Waals surface area contributed by atoms with Crippen molar-refractivity contribution in [1.29, 1.82) is 0 Å². The molecule has 0 fully saturated rings. The summed E-state index contributed by atoms with van der Waals surface area (Å²) in [6.45, 7) is 0.615. The number of methoxy groups -OCH3 is 1. The molecule has 2 heterocycles. The summed E-state index contributed by atoms with van der Waals surface area (Å²) in [5.74, 6) is 2.16. The van der Waals surface area contributed by atoms with Crippen LogP contribution in [0.3, 0.4) is 0 Å². The zero-order valence-electron chi connectivity index (χ0n) is 12.5. The van der Waals surface area contributed by atoms with Crippen molar-refractivity contribution in [3.05, 3.63) is 57.2 Å². The number of allylic oxidation sites excluding steroid dienone is 1. The second kappa shape index (κ2) is 6.05. The molecule has 2 aliphatic rings. The van der Waals surface area contributed by atoms with Gasteiger partial charge in [-0.3, -0.25) is 4.79 Å². The normalized spacial score (nSPS) is 19.3. The molecule has 1 aromatic rings. The fourth-order valence-corrected chi connectivity index (χ4v) is 3.61. The smallest absolute Gasteiger partial charge is 0.335 e. The summed E-state index contributed by atoms with van der Waals surface area (Å²) in [5, 5.41) is 0. The predicted molar refractivity (Wildman–Crippen MR) is 89.9 cm³/mol. The third-order valence-corrected chi connectivity index (χ3v) is 4.75. The Kier molecular flexibility index (Phi) is 4.10. The average Bonchev–Trinajstić information content (AvgIpc) is 3.11. The SMILES string of the molecule is C#Cc1ccc(C(=O)C2C(Br)=CC3=C(C(=O)OC)CCN32)cc1. The second-order valence-corrected chi connectivity index (χ2v) is 6.23. The largest absolute Gasteiger partial charge is 0.466 e. The van der Waals surface area contributed by atoms with Crippen molar-refractivity contribution >= 4 is 27.7 Å². The zero-order valence-corrected chi connectivity index (χ0v) is 14.1. The highest BCUT2D eigenvalue weighted by atomic mass is 79.9. The van der Waals surface area contributed by atoms with Gasteiger partial charge in [0.1, 0.15) is 6.04 Å². The molecule has 4 nitrogen and oxygen atoms in total. The Morgan fingerprint density at radius 3 is 2.65 bits per heavy atom. The minimum absolute atomic E-state index is 0.0298. The lowest BCUT2D eigenvalue weighted by molar-refractivity contribution is -0.136. The molecule has 0 N–H and O–H groups in total. The molecule has 0 saturated heterocycles. The maximum absolute atomic E-state index is 12.8. The number of carbonyl (C=O) groups excluding carboxylic acids is 2. The Morgan fingerprint density at radius 2 is 2.04 bits per heavy atom. The van der Waals surface area contributed by atoms with Crippen molar-refractivity contribution in [2.24, 2.45) is 0 Å². The van der Waals surface area contributed by atoms with Crippen LogP contribution >= 0.6 is 15.9 Å². The molecule has 3 rings (SSSR count). The summed E-state index contributed by atoms with van der Waals surface area (Å²) in [6, 6.07) is 6.53. The molecule has 0 amide bonds. The highest BCUT2D eigenvalue weighted by Crippen LogP contribution is 2.39. The fraction of sp³-hybridized carbons (Fsp3) is 0.222. The first-order chi connectivity index (χ1) is 11.1. The summed E-state index contributed by atoms with van der Waals surface area (Å²) in [6.07, 6.45) is 7.75. The van der Waals surface area contributed by atoms with E-state index in [1.165, 1.54) is 7.11 Å². The topological polar surface area (TPSA) is 46.6 Å². The molecule has 2 aliphatic heterocycles. The van der Waals surface area contributed by atoms with E-state index in [9.17, 15) is 9.59 Å². The number of hydrogen-bond donors (Lipinski definition) is 0. The standard InChI is InChI=1S/C18H14BrNO3/c1-3-11-4-6-12(7-5-11)17(21)16-14(19)10-15-13(18(22)23-2)8-9-20(15)16/h1,4-7,10,16H,8-9H2,2H3. The zero-order chi connectivity index (χ0) is 16.6. The van der Waals surface area contributed by atoms with Gasteiger partial charge < -0.3 is 9.64 Å². The molecule has 0 aliphatic carbocycles. The number of ether oxygens (including phenoxy) is 1. The minimum atomic E-state index is -0.441. The number of Topliss-reactive ketones (excluding diaryl/α,β-unsaturated/α-hetero) is 1. The number of nitrogens with zero attached hydrogens (tertiary/aromatic N) is 1. The van der Waals surface area contributed by atoms with E-state index in [1.54, 1.807) is 24.3 Å². The first kappa shape index (κ1) is 15.6. The number of hydrogen-bond acceptors (Lipinski definition) is 4. The summed E-state index contributed by atoms with van der Waals surface area (Å²) in [4.78, 5) is 26.6. The van der Waals surface area contributed by atoms with Crippen molar-refractivity contribution < 1.29 is 14.3 Å². The van der Waals surface area contributed by atoms with Crippen molar-refractivity contribution in [3.63, 3.8) is 0 Å². The molecule has 1 aromatic carbocycles. The van der Waals surface area contributed by atoms with Crippen LogP contribution in [0.2, 0.25) is 0 Å². The Bertz CT molecular complexity index is 783. The van der Waals surface area contributed by atoms with Crippen LogP contribution in [0.25, 0.3) is 0 Å². The lowest BCUT2D eigenvalue weighted by Crippen LogP contribution is -2.35. The maximum atomic E-state index is 12.8. The van der Waals surface area contributed by atoms with Gasteiger partial charge in [-0.1, -0.05) is 34.0 Å². The summed E-state index contributed by atoms with van der Waals surface area (Å²) in [5.41, 5.74) is 2.70. The maximum Gasteiger partial charge on any atom is 0.335 e. The van der Waals surface area contributed by atoms with Gasteiger partial charge in [-0.05, 0) is 24.6 Å². The Hall–Kier alpha value is -2.32. The molecule has 0 aromatic heterocycles. The molecule has 1 unspecified atom stereocenters. The lowest BCUT2D eigenvalue weighted by atomic mass is 10.0. The van der Waals surface area contributed by atoms with Crippen LogP contribution in [-0.4, -0.2) is 36.3 Å². The molecule has 1 atom stereocenters. The highest BCUT2D eigenvalue weighted by Gasteiger charge is 2.40. The minimum Gasteiger partial charge on any atom is -0.466 e. The van der Waals surface area contributed by atoms with E-state index in [2.05, 4.69) is 21.9 Å². The van der Waals surface area contributed by atoms with Crippen LogP contribution in [0.4, 0.5) is 0 Å². The van der Waals surface area contributed by atoms with E-state index >= 15 is 0 Å². The molecular weight excluding hydrogens is 358 g/mol. The average molecular weight is 372 g/mol. The number of fused-ring (bicyclic) bond motifs is 1. The van der Waals surface area contributed by atoms with Gasteiger partial charge in [-0.2, -0.15) is 0 Å². The van der Waals surface area contributed by atoms with Crippen LogP contribution in [0.1, 0.15) is 22.3 Å². The Morgan fingerprint density at radius 1 is 1.35 bits per heavy atom. The molecule has 0 spiro atoms. The molecule has 5 heteroatoms. The van der Waals surface area contributed by atoms with Crippen molar-refractivity contribution in [3.8, 4) is 12.3 Å². The van der Waals surface area contributed by atoms with E-state index in [-0.39, 0.29) is 11.8 Å². The van der Waals surface area contributed by atoms with Crippen molar-refractivity contribution in [2.75, 3.05) is 13.7 Å². The van der Waals surface area contributed by atoms with Crippen LogP contribution in [0, 0.1) is 12.3 Å². The van der Waals surface area contributed by atoms with Gasteiger partial charge in [-0.25, -0.2) is 4.79 Å². The monoisotopic (exact) mass is 371 g/mol. The van der Waals surface area contributed by atoms with Gasteiger partial charge in [-0.15, -0.1) is 6.42 Å². The number of ketones is 1. The molecule has 0 saturated carbocycles. The third-order valence-electron chi connectivity index (χ3n) is 4.09. The number of carbonyl (C=O) groups is 2. The van der Waals surface area contributed by atoms with Gasteiger partial charge >= 0.3 is 5.97 Å². The van der Waals surface area contributed by atoms with Crippen LogP contribution in [0.15, 0.2) is 46.1 Å². The van der Waals surface area contributed by atoms with Gasteiger partial charge in [0.05, 0.1) is 12.7 Å². The molecule has 0 bridgehead atoms. The highest BCUT2D eigenvalue weighted by molar-refractivity contribution is 9.11. The summed E-state index contributed by atoms with van der Waals surface area (Å²) < 4.78 is 5.56. The summed E-state index contributed by atoms with van der Waals surface area (Å²) in [7, 11) is 1.36. The van der Waals surface area contributed by atoms with Crippen LogP contribution in [-0.2, 0) is 9.53 Å². The first-order valence-corrected chi connectivity index (χ1v) is 7.92. The summed E-state index contributed by atoms with van der Waals surface area (Å²) >= 11 is 3.46. The van der Waals surface area contributed by atoms with E-state index in [4.69, 9.17) is 11.2 Å². The van der Waals surface area contributed by atoms with Crippen molar-refractivity contribution in [1.82, 2.24) is 4.90 Å². The molecule has 116 valence electrons. The number of terminal acetylenes is 1. The Balaban J connectivity index is 1.91. The number of esters is 1. The van der Waals surface area contributed by atoms with E-state index in [0.717, 1.165) is 15.7 Å². The number of halogens is 1. The van der Waals surface area contributed by atoms with Crippen molar-refractivity contribution in [2.45, 2.75) is 12.5 Å². The van der Waals surface area contributed by atoms with Gasteiger partial charge in [0.15, 0.2) is 5.78 Å². The van der Waals surface area contributed by atoms with Gasteiger partial charge in [0, 0.05) is 27.9 Å². The Labute approximate surface area is 142 Å². The van der Waals surface area contributed by atoms with Crippen LogP contribution in [0.5, 0.6) is 0 Å². The van der Waals surface area contributed by atoms with Gasteiger partial charge in [0.25, 0.3) is 0 Å². The predicted octanol–water partition coefficient (Wildman–Crippen LogP) is 2.64. The van der Waals surface area contributed by atoms with E-state index < -0.39 is 6.04 Å². The number of rotatable bonds is 3. The lowest BCUT2D eigenvalue weighted by Gasteiger charge is -2.24. The van der Waals surface area contributed by atoms with E-state index in [1.807, 2.05) is 11.0 Å². The molecular formula is C18H14BrNO3. The fourth-order valence-electron chi connectivity index (χ4n) is 2.94. The van der Waals surface area contributed by atoms with Crippen LogP contribution < -0.4 is 0 Å². The quantitative estimate of drug-likeness (QED) is 0.465. The van der Waals surface area contributed by atoms with E-state index in [0.29, 0.717) is 24.1 Å². The first-order valence-electron chi connectivity index (χ1n) is 7.13. The second-order valence-electron chi connectivity index (χ2n) is 5.32. The molecule has 0 radical (unpaired) electrons. The number of benzene rings is 1. The van der Waals surface area contributed by atoms with Gasteiger partial charge in [0.2, 0.25) is 0 Å². The third kappa shape index (κ3) is 2.60.